The molecule has 144 valence electrons. The van der Waals surface area contributed by atoms with E-state index < -0.39 is 0 Å². The van der Waals surface area contributed by atoms with Gasteiger partial charge in [0.05, 0.1) is 23.8 Å². The van der Waals surface area contributed by atoms with Gasteiger partial charge >= 0.3 is 0 Å². The van der Waals surface area contributed by atoms with Crippen LogP contribution in [-0.4, -0.2) is 43.7 Å². The van der Waals surface area contributed by atoms with E-state index in [9.17, 15) is 4.79 Å². The van der Waals surface area contributed by atoms with Crippen molar-refractivity contribution >= 4 is 40.5 Å². The molecule has 1 aromatic carbocycles. The number of aromatic nitrogens is 1. The van der Waals surface area contributed by atoms with E-state index in [4.69, 9.17) is 27.9 Å². The summed E-state index contributed by atoms with van der Waals surface area (Å²) in [6, 6.07) is 9.66. The molecule has 1 aromatic heterocycles. The quantitative estimate of drug-likeness (QED) is 0.652. The summed E-state index contributed by atoms with van der Waals surface area (Å²) < 4.78 is 5.41. The highest BCUT2D eigenvalue weighted by Gasteiger charge is 2.19. The molecular formula is C20H23Cl2N3O2. The average Bonchev–Trinajstić information content (AvgIpc) is 2.71. The number of carbonyl (C=O) groups is 1. The third-order valence-corrected chi connectivity index (χ3v) is 5.25. The Labute approximate surface area is 169 Å². The molecule has 0 bridgehead atoms. The van der Waals surface area contributed by atoms with E-state index in [1.54, 1.807) is 11.0 Å². The van der Waals surface area contributed by atoms with Crippen molar-refractivity contribution in [3.63, 3.8) is 0 Å². The van der Waals surface area contributed by atoms with Crippen LogP contribution in [-0.2, 0) is 4.74 Å². The minimum absolute atomic E-state index is 0.131. The number of morpholine rings is 1. The van der Waals surface area contributed by atoms with Gasteiger partial charge in [-0.15, -0.1) is 0 Å². The maximum atomic E-state index is 13.1. The first-order valence-corrected chi connectivity index (χ1v) is 9.91. The van der Waals surface area contributed by atoms with Crippen LogP contribution in [0.15, 0.2) is 36.5 Å². The van der Waals surface area contributed by atoms with E-state index in [2.05, 4.69) is 28.9 Å². The summed E-state index contributed by atoms with van der Waals surface area (Å²) in [6.45, 7) is 5.98. The number of rotatable bonds is 6. The predicted octanol–water partition coefficient (Wildman–Crippen LogP) is 4.67. The maximum Gasteiger partial charge on any atom is 0.259 e. The van der Waals surface area contributed by atoms with Crippen molar-refractivity contribution in [2.75, 3.05) is 42.6 Å². The van der Waals surface area contributed by atoms with E-state index in [1.165, 1.54) is 6.20 Å². The van der Waals surface area contributed by atoms with Crippen LogP contribution in [0.4, 0.5) is 11.4 Å². The van der Waals surface area contributed by atoms with Gasteiger partial charge in [-0.2, -0.15) is 0 Å². The third-order valence-electron chi connectivity index (χ3n) is 4.56. The first kappa shape index (κ1) is 19.9. The number of halogens is 2. The second-order valence-corrected chi connectivity index (χ2v) is 7.19. The van der Waals surface area contributed by atoms with Crippen molar-refractivity contribution in [2.24, 2.45) is 0 Å². The van der Waals surface area contributed by atoms with Gasteiger partial charge in [-0.05, 0) is 36.8 Å². The van der Waals surface area contributed by atoms with E-state index in [-0.39, 0.29) is 16.1 Å². The Hall–Kier alpha value is -1.82. The number of carbonyl (C=O) groups excluding carboxylic acids is 1. The summed E-state index contributed by atoms with van der Waals surface area (Å²) in [5, 5.41) is 0.476. The Morgan fingerprint density at radius 1 is 1.22 bits per heavy atom. The van der Waals surface area contributed by atoms with Crippen molar-refractivity contribution < 1.29 is 9.53 Å². The van der Waals surface area contributed by atoms with Crippen LogP contribution in [0.3, 0.4) is 0 Å². The molecule has 1 aliphatic heterocycles. The molecule has 1 fully saturated rings. The number of pyridine rings is 1. The molecule has 7 heteroatoms. The molecule has 1 saturated heterocycles. The van der Waals surface area contributed by atoms with Crippen LogP contribution in [0.2, 0.25) is 10.2 Å². The van der Waals surface area contributed by atoms with Crippen LogP contribution < -0.4 is 9.80 Å². The average molecular weight is 408 g/mol. The summed E-state index contributed by atoms with van der Waals surface area (Å²) in [7, 11) is 0. The first-order valence-electron chi connectivity index (χ1n) is 9.16. The van der Waals surface area contributed by atoms with E-state index in [1.807, 2.05) is 12.1 Å². The number of ether oxygens (including phenoxy) is 1. The molecule has 3 rings (SSSR count). The lowest BCUT2D eigenvalue weighted by Crippen LogP contribution is -2.36. The molecule has 0 saturated carbocycles. The highest BCUT2D eigenvalue weighted by molar-refractivity contribution is 6.41. The molecule has 0 N–H and O–H groups in total. The summed E-state index contributed by atoms with van der Waals surface area (Å²) in [6.07, 6.45) is 3.37. The molecule has 0 atom stereocenters. The molecule has 1 amide bonds. The number of benzene rings is 1. The summed E-state index contributed by atoms with van der Waals surface area (Å²) in [4.78, 5) is 21.1. The second kappa shape index (κ2) is 9.40. The van der Waals surface area contributed by atoms with Gasteiger partial charge in [-0.1, -0.05) is 36.5 Å². The molecule has 0 aliphatic carbocycles. The van der Waals surface area contributed by atoms with Crippen molar-refractivity contribution in [3.8, 4) is 0 Å². The summed E-state index contributed by atoms with van der Waals surface area (Å²) in [5.41, 5.74) is 2.43. The fraction of sp³-hybridized carbons (Fsp3) is 0.400. The lowest BCUT2D eigenvalue weighted by Gasteiger charge is -2.29. The van der Waals surface area contributed by atoms with E-state index in [0.29, 0.717) is 12.1 Å². The highest BCUT2D eigenvalue weighted by Crippen LogP contribution is 2.25. The Morgan fingerprint density at radius 2 is 1.93 bits per heavy atom. The monoisotopic (exact) mass is 407 g/mol. The van der Waals surface area contributed by atoms with Crippen molar-refractivity contribution in [1.82, 2.24) is 4.98 Å². The Morgan fingerprint density at radius 3 is 2.56 bits per heavy atom. The molecule has 0 spiro atoms. The van der Waals surface area contributed by atoms with Crippen LogP contribution in [0.1, 0.15) is 30.1 Å². The van der Waals surface area contributed by atoms with E-state index >= 15 is 0 Å². The van der Waals surface area contributed by atoms with Crippen LogP contribution in [0.5, 0.6) is 0 Å². The summed E-state index contributed by atoms with van der Waals surface area (Å²) in [5.74, 6) is -0.131. The molecule has 2 heterocycles. The number of anilines is 2. The Balaban J connectivity index is 1.82. The zero-order chi connectivity index (χ0) is 19.2. The predicted molar refractivity (Wildman–Crippen MR) is 110 cm³/mol. The highest BCUT2D eigenvalue weighted by atomic mass is 35.5. The number of amides is 1. The zero-order valence-electron chi connectivity index (χ0n) is 15.3. The van der Waals surface area contributed by atoms with Crippen molar-refractivity contribution in [1.29, 1.82) is 0 Å². The molecule has 27 heavy (non-hydrogen) atoms. The van der Waals surface area contributed by atoms with Gasteiger partial charge in [0.25, 0.3) is 5.91 Å². The summed E-state index contributed by atoms with van der Waals surface area (Å²) >= 11 is 11.9. The molecule has 5 nitrogen and oxygen atoms in total. The van der Waals surface area contributed by atoms with Gasteiger partial charge in [0, 0.05) is 37.2 Å². The van der Waals surface area contributed by atoms with Crippen LogP contribution >= 0.6 is 23.2 Å². The smallest absolute Gasteiger partial charge is 0.259 e. The molecule has 2 aromatic rings. The zero-order valence-corrected chi connectivity index (χ0v) is 16.8. The third kappa shape index (κ3) is 4.92. The topological polar surface area (TPSA) is 45.7 Å². The Kier molecular flexibility index (Phi) is 6.94. The fourth-order valence-electron chi connectivity index (χ4n) is 3.02. The molecular weight excluding hydrogens is 385 g/mol. The van der Waals surface area contributed by atoms with Crippen LogP contribution in [0.25, 0.3) is 0 Å². The van der Waals surface area contributed by atoms with Crippen molar-refractivity contribution in [2.45, 2.75) is 19.8 Å². The number of unbranched alkanes of at least 4 members (excludes halogenated alkanes) is 1. The van der Waals surface area contributed by atoms with E-state index in [0.717, 1.165) is 50.5 Å². The Bertz CT molecular complexity index is 777. The molecule has 0 unspecified atom stereocenters. The number of nitrogens with zero attached hydrogens (tertiary/aromatic N) is 3. The van der Waals surface area contributed by atoms with Gasteiger partial charge in [0.2, 0.25) is 0 Å². The van der Waals surface area contributed by atoms with Gasteiger partial charge in [-0.3, -0.25) is 4.79 Å². The van der Waals surface area contributed by atoms with Crippen LogP contribution in [0, 0.1) is 0 Å². The van der Waals surface area contributed by atoms with Gasteiger partial charge in [-0.25, -0.2) is 4.98 Å². The largest absolute Gasteiger partial charge is 0.378 e. The lowest BCUT2D eigenvalue weighted by molar-refractivity contribution is 0.0986. The fourth-order valence-corrected chi connectivity index (χ4v) is 3.29. The molecule has 1 aliphatic rings. The first-order chi connectivity index (χ1) is 13.1. The molecule has 0 radical (unpaired) electrons. The van der Waals surface area contributed by atoms with Gasteiger partial charge in [0.15, 0.2) is 0 Å². The second-order valence-electron chi connectivity index (χ2n) is 6.42. The number of hydrogen-bond acceptors (Lipinski definition) is 4. The number of hydrogen-bond donors (Lipinski definition) is 0. The maximum absolute atomic E-state index is 13.1. The normalized spacial score (nSPS) is 14.3. The minimum Gasteiger partial charge on any atom is -0.378 e. The van der Waals surface area contributed by atoms with Gasteiger partial charge < -0.3 is 14.5 Å². The SMILES string of the molecule is CCCCN(C(=O)c1cnc(Cl)c(Cl)c1)c1ccc(N2CCOCC2)cc1. The van der Waals surface area contributed by atoms with Crippen molar-refractivity contribution in [3.05, 3.63) is 52.3 Å². The van der Waals surface area contributed by atoms with Gasteiger partial charge in [0.1, 0.15) is 5.15 Å². The lowest BCUT2D eigenvalue weighted by atomic mass is 10.1. The standard InChI is InChI=1S/C20H23Cl2N3O2/c1-2-3-8-25(20(26)15-13-18(21)19(22)23-14-15)17-6-4-16(5-7-17)24-9-11-27-12-10-24/h4-7,13-14H,2-3,8-12H2,1H3. The minimum atomic E-state index is -0.131.